The Balaban J connectivity index is 1.75. The molecule has 0 radical (unpaired) electrons. The fourth-order valence-corrected chi connectivity index (χ4v) is 3.87. The number of nitrogens with one attached hydrogen (secondary N) is 2. The normalized spacial score (nSPS) is 19.4. The van der Waals surface area contributed by atoms with E-state index in [0.29, 0.717) is 6.04 Å². The molecule has 1 aromatic heterocycles. The zero-order chi connectivity index (χ0) is 14.5. The highest BCUT2D eigenvalue weighted by molar-refractivity contribution is 7.83. The summed E-state index contributed by atoms with van der Waals surface area (Å²) in [6.07, 6.45) is 4.08. The van der Waals surface area contributed by atoms with Gasteiger partial charge in [-0.2, -0.15) is 0 Å². The van der Waals surface area contributed by atoms with E-state index in [1.807, 2.05) is 27.1 Å². The molecule has 2 rings (SSSR count). The first-order chi connectivity index (χ1) is 9.58. The molecule has 20 heavy (non-hydrogen) atoms. The third-order valence-corrected chi connectivity index (χ3v) is 5.87. The van der Waals surface area contributed by atoms with Crippen LogP contribution in [0.4, 0.5) is 5.13 Å². The number of nitrogens with zero attached hydrogens (tertiary/aromatic N) is 2. The fourth-order valence-electron chi connectivity index (χ4n) is 2.23. The number of hydrogen-bond donors (Lipinski definition) is 2. The number of likely N-dealkylation sites (tertiary alicyclic amines) is 1. The lowest BCUT2D eigenvalue weighted by Crippen LogP contribution is -2.43. The first-order valence-corrected chi connectivity index (χ1v) is 9.13. The summed E-state index contributed by atoms with van der Waals surface area (Å²) in [4.78, 5) is 8.05. The van der Waals surface area contributed by atoms with E-state index in [1.54, 1.807) is 11.3 Å². The Kier molecular flexibility index (Phi) is 5.95. The van der Waals surface area contributed by atoms with Gasteiger partial charge in [0, 0.05) is 49.0 Å². The van der Waals surface area contributed by atoms with Crippen LogP contribution in [0.15, 0.2) is 6.20 Å². The molecule has 1 unspecified atom stereocenters. The highest BCUT2D eigenvalue weighted by atomic mass is 32.2. The van der Waals surface area contributed by atoms with Crippen molar-refractivity contribution in [3.63, 3.8) is 0 Å². The maximum Gasteiger partial charge on any atom is 0.182 e. The molecule has 1 aliphatic heterocycles. The molecule has 1 fully saturated rings. The molecular weight excluding hydrogens is 292 g/mol. The summed E-state index contributed by atoms with van der Waals surface area (Å²) in [5.41, 5.74) is 0. The Labute approximate surface area is 127 Å². The van der Waals surface area contributed by atoms with Gasteiger partial charge in [-0.3, -0.25) is 4.90 Å². The van der Waals surface area contributed by atoms with E-state index in [2.05, 4.69) is 19.9 Å². The van der Waals surface area contributed by atoms with Crippen molar-refractivity contribution in [1.82, 2.24) is 14.6 Å². The van der Waals surface area contributed by atoms with Crippen LogP contribution in [0.3, 0.4) is 0 Å². The van der Waals surface area contributed by atoms with Crippen LogP contribution in [-0.2, 0) is 17.5 Å². The molecule has 0 spiro atoms. The number of anilines is 1. The summed E-state index contributed by atoms with van der Waals surface area (Å²) >= 11 is 1.71. The van der Waals surface area contributed by atoms with E-state index in [0.717, 1.165) is 37.6 Å². The van der Waals surface area contributed by atoms with E-state index in [9.17, 15) is 4.21 Å². The van der Waals surface area contributed by atoms with Crippen molar-refractivity contribution < 1.29 is 4.21 Å². The van der Waals surface area contributed by atoms with Gasteiger partial charge in [0.15, 0.2) is 5.13 Å². The Morgan fingerprint density at radius 1 is 1.50 bits per heavy atom. The molecule has 7 heteroatoms. The monoisotopic (exact) mass is 316 g/mol. The average Bonchev–Trinajstić information content (AvgIpc) is 2.88. The summed E-state index contributed by atoms with van der Waals surface area (Å²) in [5.74, 6) is 0. The zero-order valence-electron chi connectivity index (χ0n) is 12.4. The van der Waals surface area contributed by atoms with E-state index in [4.69, 9.17) is 0 Å². The van der Waals surface area contributed by atoms with Crippen molar-refractivity contribution in [2.45, 2.75) is 44.5 Å². The van der Waals surface area contributed by atoms with Gasteiger partial charge in [0.25, 0.3) is 0 Å². The molecule has 2 N–H and O–H groups in total. The van der Waals surface area contributed by atoms with Crippen molar-refractivity contribution in [3.8, 4) is 0 Å². The average molecular weight is 316 g/mol. The maximum atomic E-state index is 11.8. The lowest BCUT2D eigenvalue weighted by Gasteiger charge is -2.32. The molecule has 2 heterocycles. The van der Waals surface area contributed by atoms with Gasteiger partial charge in [-0.05, 0) is 26.7 Å². The number of thiazole rings is 1. The topological polar surface area (TPSA) is 57.3 Å². The van der Waals surface area contributed by atoms with Crippen LogP contribution in [0.2, 0.25) is 0 Å². The maximum absolute atomic E-state index is 11.8. The van der Waals surface area contributed by atoms with Gasteiger partial charge in [-0.25, -0.2) is 13.9 Å². The third kappa shape index (κ3) is 4.51. The van der Waals surface area contributed by atoms with Crippen LogP contribution >= 0.6 is 11.3 Å². The molecule has 0 aliphatic carbocycles. The van der Waals surface area contributed by atoms with E-state index < -0.39 is 11.0 Å². The van der Waals surface area contributed by atoms with Gasteiger partial charge in [-0.15, -0.1) is 11.3 Å². The largest absolute Gasteiger partial charge is 0.365 e. The Hall–Kier alpha value is -0.500. The zero-order valence-corrected chi connectivity index (χ0v) is 14.0. The van der Waals surface area contributed by atoms with Gasteiger partial charge in [0.05, 0.1) is 11.0 Å². The predicted octanol–water partition coefficient (Wildman–Crippen LogP) is 1.81. The molecule has 114 valence electrons. The molecule has 1 saturated heterocycles. The standard InChI is InChI=1S/C13H24N4OS2/c1-10(2)20(18)16-11-4-6-17(7-5-11)9-12-8-15-13(14-3)19-12/h8,10-11,16H,4-7,9H2,1-3H3,(H,14,15). The van der Waals surface area contributed by atoms with Crippen LogP contribution in [0.5, 0.6) is 0 Å². The van der Waals surface area contributed by atoms with Crippen LogP contribution in [0, 0.1) is 0 Å². The molecule has 0 amide bonds. The van der Waals surface area contributed by atoms with Crippen molar-refractivity contribution in [1.29, 1.82) is 0 Å². The van der Waals surface area contributed by atoms with Gasteiger partial charge < -0.3 is 5.32 Å². The second kappa shape index (κ2) is 7.49. The van der Waals surface area contributed by atoms with Gasteiger partial charge in [-0.1, -0.05) is 0 Å². The lowest BCUT2D eigenvalue weighted by molar-refractivity contribution is 0.202. The molecule has 0 bridgehead atoms. The van der Waals surface area contributed by atoms with E-state index in [1.165, 1.54) is 4.88 Å². The first kappa shape index (κ1) is 15.9. The van der Waals surface area contributed by atoms with Crippen LogP contribution in [-0.4, -0.2) is 45.5 Å². The number of aromatic nitrogens is 1. The minimum Gasteiger partial charge on any atom is -0.365 e. The molecule has 5 nitrogen and oxygen atoms in total. The van der Waals surface area contributed by atoms with Crippen molar-refractivity contribution in [3.05, 3.63) is 11.1 Å². The van der Waals surface area contributed by atoms with Gasteiger partial charge >= 0.3 is 0 Å². The summed E-state index contributed by atoms with van der Waals surface area (Å²) in [5, 5.41) is 4.23. The quantitative estimate of drug-likeness (QED) is 0.840. The highest BCUT2D eigenvalue weighted by Gasteiger charge is 2.21. The molecule has 1 aromatic rings. The molecular formula is C13H24N4OS2. The summed E-state index contributed by atoms with van der Waals surface area (Å²) in [6, 6.07) is 0.392. The minimum atomic E-state index is -0.901. The molecule has 1 aliphatic rings. The smallest absolute Gasteiger partial charge is 0.182 e. The van der Waals surface area contributed by atoms with Crippen LogP contribution < -0.4 is 10.0 Å². The second-order valence-corrected chi connectivity index (χ2v) is 8.28. The summed E-state index contributed by atoms with van der Waals surface area (Å²) < 4.78 is 15.0. The van der Waals surface area contributed by atoms with Crippen LogP contribution in [0.25, 0.3) is 0 Å². The Morgan fingerprint density at radius 2 is 2.20 bits per heavy atom. The minimum absolute atomic E-state index is 0.185. The second-order valence-electron chi connectivity index (χ2n) is 5.40. The Morgan fingerprint density at radius 3 is 2.75 bits per heavy atom. The van der Waals surface area contributed by atoms with Gasteiger partial charge in [0.1, 0.15) is 0 Å². The van der Waals surface area contributed by atoms with E-state index >= 15 is 0 Å². The molecule has 0 saturated carbocycles. The summed E-state index contributed by atoms with van der Waals surface area (Å²) in [7, 11) is 0.996. The highest BCUT2D eigenvalue weighted by Crippen LogP contribution is 2.21. The fraction of sp³-hybridized carbons (Fsp3) is 0.769. The molecule has 1 atom stereocenters. The van der Waals surface area contributed by atoms with Crippen molar-refractivity contribution >= 4 is 27.5 Å². The first-order valence-electron chi connectivity index (χ1n) is 7.10. The molecule has 0 aromatic carbocycles. The Bertz CT molecular complexity index is 441. The van der Waals surface area contributed by atoms with E-state index in [-0.39, 0.29) is 5.25 Å². The third-order valence-electron chi connectivity index (χ3n) is 3.45. The summed E-state index contributed by atoms with van der Waals surface area (Å²) in [6.45, 7) is 7.06. The number of rotatable bonds is 6. The lowest BCUT2D eigenvalue weighted by atomic mass is 10.1. The SMILES string of the molecule is CNc1ncc(CN2CCC(NS(=O)C(C)C)CC2)s1. The number of hydrogen-bond acceptors (Lipinski definition) is 5. The predicted molar refractivity (Wildman–Crippen MR) is 86.4 cm³/mol. The van der Waals surface area contributed by atoms with Crippen molar-refractivity contribution in [2.24, 2.45) is 0 Å². The van der Waals surface area contributed by atoms with Crippen LogP contribution in [0.1, 0.15) is 31.6 Å². The van der Waals surface area contributed by atoms with Gasteiger partial charge in [0.2, 0.25) is 0 Å². The van der Waals surface area contributed by atoms with Crippen molar-refractivity contribution in [2.75, 3.05) is 25.5 Å². The number of piperidine rings is 1.